The highest BCUT2D eigenvalue weighted by Crippen LogP contribution is 2.30. The molecule has 0 N–H and O–H groups in total. The first-order valence-corrected chi connectivity index (χ1v) is 11.8. The first-order valence-electron chi connectivity index (χ1n) is 11.8. The molecule has 1 amide bonds. The molecule has 3 rings (SSSR count). The number of benzene rings is 3. The van der Waals surface area contributed by atoms with Crippen LogP contribution < -0.4 is 4.74 Å². The summed E-state index contributed by atoms with van der Waals surface area (Å²) in [5.74, 6) is 0.697. The number of unbranched alkanes of at least 4 members (excludes halogenated alkanes) is 2. The van der Waals surface area contributed by atoms with Crippen LogP contribution in [0.15, 0.2) is 79.4 Å². The minimum absolute atomic E-state index is 0.101. The van der Waals surface area contributed by atoms with Crippen LogP contribution in [0, 0.1) is 6.92 Å². The third-order valence-electron chi connectivity index (χ3n) is 5.99. The van der Waals surface area contributed by atoms with Crippen LogP contribution in [0.25, 0.3) is 22.3 Å². The lowest BCUT2D eigenvalue weighted by atomic mass is 9.95. The summed E-state index contributed by atoms with van der Waals surface area (Å²) < 4.78 is 5.78. The molecule has 0 heterocycles. The van der Waals surface area contributed by atoms with E-state index in [0.717, 1.165) is 17.7 Å². The third kappa shape index (κ3) is 6.82. The average Bonchev–Trinajstić information content (AvgIpc) is 2.84. The zero-order valence-corrected chi connectivity index (χ0v) is 20.1. The van der Waals surface area contributed by atoms with Gasteiger partial charge in [0.25, 0.3) is 0 Å². The van der Waals surface area contributed by atoms with Gasteiger partial charge in [0.15, 0.2) is 0 Å². The van der Waals surface area contributed by atoms with Gasteiger partial charge >= 0.3 is 0 Å². The third-order valence-corrected chi connectivity index (χ3v) is 5.99. The molecule has 0 unspecified atom stereocenters. The van der Waals surface area contributed by atoms with Crippen LogP contribution in [0.2, 0.25) is 0 Å². The molecule has 0 aliphatic carbocycles. The van der Waals surface area contributed by atoms with Crippen molar-refractivity contribution in [2.24, 2.45) is 0 Å². The first-order chi connectivity index (χ1) is 16.0. The van der Waals surface area contributed by atoms with E-state index in [4.69, 9.17) is 4.74 Å². The molecule has 0 atom stereocenters. The van der Waals surface area contributed by atoms with E-state index in [1.54, 1.807) is 11.9 Å². The van der Waals surface area contributed by atoms with Crippen molar-refractivity contribution in [3.8, 4) is 28.0 Å². The molecule has 0 bridgehead atoms. The molecule has 3 aromatic rings. The molecule has 0 spiro atoms. The Morgan fingerprint density at radius 3 is 2.24 bits per heavy atom. The van der Waals surface area contributed by atoms with Crippen LogP contribution in [0.4, 0.5) is 0 Å². The Kier molecular flexibility index (Phi) is 8.88. The molecule has 33 heavy (non-hydrogen) atoms. The summed E-state index contributed by atoms with van der Waals surface area (Å²) in [4.78, 5) is 13.1. The normalized spacial score (nSPS) is 10.6. The van der Waals surface area contributed by atoms with Gasteiger partial charge in [-0.3, -0.25) is 4.79 Å². The van der Waals surface area contributed by atoms with Crippen molar-refractivity contribution >= 4 is 5.91 Å². The smallest absolute Gasteiger partial charge is 0.245 e. The molecule has 172 valence electrons. The summed E-state index contributed by atoms with van der Waals surface area (Å²) in [5, 5.41) is 0. The van der Waals surface area contributed by atoms with E-state index in [9.17, 15) is 4.79 Å². The number of carbonyl (C=O) groups is 1. The highest BCUT2D eigenvalue weighted by molar-refractivity contribution is 5.86. The number of likely N-dealkylation sites (N-methyl/N-ethyl adjacent to an activating group) is 1. The van der Waals surface area contributed by atoms with Crippen molar-refractivity contribution in [2.45, 2.75) is 39.5 Å². The Labute approximate surface area is 198 Å². The van der Waals surface area contributed by atoms with Crippen molar-refractivity contribution in [1.82, 2.24) is 4.90 Å². The Bertz CT molecular complexity index is 1050. The highest BCUT2D eigenvalue weighted by Gasteiger charge is 2.07. The Hall–Kier alpha value is -3.33. The van der Waals surface area contributed by atoms with Crippen molar-refractivity contribution in [2.75, 3.05) is 20.2 Å². The second-order valence-electron chi connectivity index (χ2n) is 8.52. The lowest BCUT2D eigenvalue weighted by Gasteiger charge is -2.15. The van der Waals surface area contributed by atoms with E-state index in [1.807, 2.05) is 12.1 Å². The average molecular weight is 442 g/mol. The van der Waals surface area contributed by atoms with Gasteiger partial charge in [-0.2, -0.15) is 0 Å². The predicted octanol–water partition coefficient (Wildman–Crippen LogP) is 7.08. The fourth-order valence-electron chi connectivity index (χ4n) is 3.91. The van der Waals surface area contributed by atoms with Gasteiger partial charge in [0.05, 0.1) is 6.54 Å². The van der Waals surface area contributed by atoms with Crippen molar-refractivity contribution in [1.29, 1.82) is 0 Å². The van der Waals surface area contributed by atoms with Gasteiger partial charge in [0.1, 0.15) is 12.4 Å². The number of ether oxygens (including phenoxy) is 1. The molecule has 0 aromatic heterocycles. The second-order valence-corrected chi connectivity index (χ2v) is 8.52. The summed E-state index contributed by atoms with van der Waals surface area (Å²) in [6, 6.07) is 23.8. The van der Waals surface area contributed by atoms with Gasteiger partial charge in [-0.15, -0.1) is 0 Å². The Morgan fingerprint density at radius 2 is 1.61 bits per heavy atom. The van der Waals surface area contributed by atoms with Crippen molar-refractivity contribution in [3.63, 3.8) is 0 Å². The molecular weight excluding hydrogens is 406 g/mol. The maximum atomic E-state index is 11.5. The number of rotatable bonds is 11. The van der Waals surface area contributed by atoms with E-state index in [-0.39, 0.29) is 5.91 Å². The van der Waals surface area contributed by atoms with Gasteiger partial charge in [0.2, 0.25) is 5.91 Å². The largest absolute Gasteiger partial charge is 0.492 e. The van der Waals surface area contributed by atoms with Crippen LogP contribution in [-0.4, -0.2) is 31.0 Å². The first kappa shape index (κ1) is 24.3. The van der Waals surface area contributed by atoms with Crippen molar-refractivity contribution < 1.29 is 9.53 Å². The van der Waals surface area contributed by atoms with Gasteiger partial charge < -0.3 is 9.64 Å². The zero-order chi connectivity index (χ0) is 23.6. The number of hydrogen-bond acceptors (Lipinski definition) is 2. The Morgan fingerprint density at radius 1 is 0.939 bits per heavy atom. The van der Waals surface area contributed by atoms with Crippen LogP contribution in [-0.2, 0) is 11.2 Å². The summed E-state index contributed by atoms with van der Waals surface area (Å²) >= 11 is 0. The van der Waals surface area contributed by atoms with Crippen LogP contribution in [0.5, 0.6) is 5.75 Å². The standard InChI is InChI=1S/C30H35NO2/c1-5-7-8-9-24-10-12-25(13-11-24)27-16-19-29(23(3)22-27)26-14-17-28(18-15-26)33-21-20-31(4)30(32)6-2/h6,10-19,22H,2,5,7-9,20-21H2,1,3-4H3. The van der Waals surface area contributed by atoms with Crippen LogP contribution >= 0.6 is 0 Å². The lowest BCUT2D eigenvalue weighted by molar-refractivity contribution is -0.125. The van der Waals surface area contributed by atoms with E-state index in [0.29, 0.717) is 13.2 Å². The molecule has 0 radical (unpaired) electrons. The number of aryl methyl sites for hydroxylation is 2. The van der Waals surface area contributed by atoms with Crippen LogP contribution in [0.3, 0.4) is 0 Å². The summed E-state index contributed by atoms with van der Waals surface area (Å²) in [5.41, 5.74) is 7.55. The summed E-state index contributed by atoms with van der Waals surface area (Å²) in [6.07, 6.45) is 6.29. The van der Waals surface area contributed by atoms with Gasteiger partial charge in [-0.1, -0.05) is 80.9 Å². The molecule has 0 aliphatic rings. The number of amides is 1. The molecule has 0 fully saturated rings. The molecular formula is C30H35NO2. The highest BCUT2D eigenvalue weighted by atomic mass is 16.5. The van der Waals surface area contributed by atoms with Gasteiger partial charge in [-0.05, 0) is 71.4 Å². The fourth-order valence-corrected chi connectivity index (χ4v) is 3.91. The maximum absolute atomic E-state index is 11.5. The molecule has 0 aliphatic heterocycles. The number of nitrogens with zero attached hydrogens (tertiary/aromatic N) is 1. The van der Waals surface area contributed by atoms with Crippen molar-refractivity contribution in [3.05, 3.63) is 90.5 Å². The number of hydrogen-bond donors (Lipinski definition) is 0. The molecule has 3 nitrogen and oxygen atoms in total. The lowest BCUT2D eigenvalue weighted by Crippen LogP contribution is -2.29. The van der Waals surface area contributed by atoms with E-state index in [1.165, 1.54) is 53.2 Å². The predicted molar refractivity (Wildman–Crippen MR) is 139 cm³/mol. The minimum Gasteiger partial charge on any atom is -0.492 e. The topological polar surface area (TPSA) is 29.5 Å². The molecule has 0 saturated heterocycles. The van der Waals surface area contributed by atoms with E-state index >= 15 is 0 Å². The minimum atomic E-state index is -0.101. The van der Waals surface area contributed by atoms with E-state index < -0.39 is 0 Å². The SMILES string of the molecule is C=CC(=O)N(C)CCOc1ccc(-c2ccc(-c3ccc(CCCCC)cc3)cc2C)cc1. The van der Waals surface area contributed by atoms with Gasteiger partial charge in [0, 0.05) is 7.05 Å². The molecule has 3 heteroatoms. The summed E-state index contributed by atoms with van der Waals surface area (Å²) in [6.45, 7) is 8.87. The second kappa shape index (κ2) is 12.1. The molecule has 3 aromatic carbocycles. The zero-order valence-electron chi connectivity index (χ0n) is 20.1. The fraction of sp³-hybridized carbons (Fsp3) is 0.300. The van der Waals surface area contributed by atoms with E-state index in [2.05, 4.69) is 75.0 Å². The van der Waals surface area contributed by atoms with Gasteiger partial charge in [-0.25, -0.2) is 0 Å². The number of carbonyl (C=O) groups excluding carboxylic acids is 1. The summed E-state index contributed by atoms with van der Waals surface area (Å²) in [7, 11) is 1.74. The van der Waals surface area contributed by atoms with Crippen LogP contribution in [0.1, 0.15) is 37.3 Å². The Balaban J connectivity index is 1.62. The quantitative estimate of drug-likeness (QED) is 0.235. The monoisotopic (exact) mass is 441 g/mol. The maximum Gasteiger partial charge on any atom is 0.245 e. The molecule has 0 saturated carbocycles.